The van der Waals surface area contributed by atoms with Crippen LogP contribution in [0.5, 0.6) is 0 Å². The van der Waals surface area contributed by atoms with Crippen LogP contribution < -0.4 is 0 Å². The van der Waals surface area contributed by atoms with E-state index in [0.29, 0.717) is 0 Å². The quantitative estimate of drug-likeness (QED) is 0.331. The molecule has 2 heteroatoms. The predicted octanol–water partition coefficient (Wildman–Crippen LogP) is 3.10. The van der Waals surface area contributed by atoms with Gasteiger partial charge in [0.25, 0.3) is 0 Å². The first-order valence-corrected chi connectivity index (χ1v) is 6.91. The standard InChI is InChI=1S/C7H13ClSi/c1-6(2)7(3)9(4,5)8/h1,3H2,2,4-5H3. The van der Waals surface area contributed by atoms with Crippen LogP contribution in [-0.4, -0.2) is 7.38 Å². The monoisotopic (exact) mass is 160 g/mol. The van der Waals surface area contributed by atoms with E-state index >= 15 is 0 Å². The lowest BCUT2D eigenvalue weighted by molar-refractivity contribution is 1.51. The van der Waals surface area contributed by atoms with Gasteiger partial charge in [0.1, 0.15) is 0 Å². The van der Waals surface area contributed by atoms with E-state index < -0.39 is 7.38 Å². The second kappa shape index (κ2) is 2.71. The van der Waals surface area contributed by atoms with Crippen LogP contribution in [0, 0.1) is 0 Å². The Hall–Kier alpha value is -0.0131. The van der Waals surface area contributed by atoms with Gasteiger partial charge in [0.2, 0.25) is 0 Å². The van der Waals surface area contributed by atoms with Gasteiger partial charge in [0, 0.05) is 0 Å². The molecule has 0 fully saturated rings. The third-order valence-electron chi connectivity index (χ3n) is 1.23. The minimum atomic E-state index is -1.65. The molecule has 0 aromatic rings. The summed E-state index contributed by atoms with van der Waals surface area (Å²) in [6.07, 6.45) is 0. The number of hydrogen-bond acceptors (Lipinski definition) is 0. The van der Waals surface area contributed by atoms with E-state index in [2.05, 4.69) is 13.2 Å². The summed E-state index contributed by atoms with van der Waals surface area (Å²) < 4.78 is 0. The summed E-state index contributed by atoms with van der Waals surface area (Å²) in [4.78, 5) is 0. The van der Waals surface area contributed by atoms with E-state index in [1.807, 2.05) is 20.0 Å². The van der Waals surface area contributed by atoms with Crippen molar-refractivity contribution in [2.75, 3.05) is 0 Å². The van der Waals surface area contributed by atoms with Crippen LogP contribution in [0.25, 0.3) is 0 Å². The van der Waals surface area contributed by atoms with Crippen LogP contribution in [0.1, 0.15) is 6.92 Å². The first-order chi connectivity index (χ1) is 3.85. The average Bonchev–Trinajstić information content (AvgIpc) is 1.62. The van der Waals surface area contributed by atoms with Crippen molar-refractivity contribution in [1.29, 1.82) is 0 Å². The molecule has 0 unspecified atom stereocenters. The fraction of sp³-hybridized carbons (Fsp3) is 0.429. The molecule has 0 aliphatic rings. The fourth-order valence-corrected chi connectivity index (χ4v) is 2.01. The first kappa shape index (κ1) is 8.99. The number of rotatable bonds is 2. The zero-order valence-electron chi connectivity index (χ0n) is 6.29. The van der Waals surface area contributed by atoms with Crippen molar-refractivity contribution >= 4 is 18.5 Å². The molecule has 0 heterocycles. The predicted molar refractivity (Wildman–Crippen MR) is 47.3 cm³/mol. The molecule has 0 N–H and O–H groups in total. The molecular formula is C7H13ClSi. The van der Waals surface area contributed by atoms with Crippen molar-refractivity contribution in [3.63, 3.8) is 0 Å². The van der Waals surface area contributed by atoms with Crippen molar-refractivity contribution < 1.29 is 0 Å². The summed E-state index contributed by atoms with van der Waals surface area (Å²) in [6, 6.07) is 0. The molecular weight excluding hydrogens is 148 g/mol. The molecule has 0 saturated heterocycles. The molecule has 0 aliphatic carbocycles. The van der Waals surface area contributed by atoms with Crippen LogP contribution in [0.3, 0.4) is 0 Å². The van der Waals surface area contributed by atoms with Crippen molar-refractivity contribution in [1.82, 2.24) is 0 Å². The van der Waals surface area contributed by atoms with Gasteiger partial charge in [0.05, 0.1) is 0 Å². The van der Waals surface area contributed by atoms with Gasteiger partial charge in [-0.15, -0.1) is 0 Å². The van der Waals surface area contributed by atoms with Crippen molar-refractivity contribution in [2.24, 2.45) is 0 Å². The first-order valence-electron chi connectivity index (χ1n) is 2.90. The highest BCUT2D eigenvalue weighted by Gasteiger charge is 2.21. The van der Waals surface area contributed by atoms with Crippen LogP contribution >= 0.6 is 11.1 Å². The van der Waals surface area contributed by atoms with Gasteiger partial charge in [-0.25, -0.2) is 0 Å². The third-order valence-corrected chi connectivity index (χ3v) is 3.78. The second-order valence-electron chi connectivity index (χ2n) is 2.73. The summed E-state index contributed by atoms with van der Waals surface area (Å²) >= 11 is 6.06. The van der Waals surface area contributed by atoms with E-state index in [-0.39, 0.29) is 0 Å². The highest BCUT2D eigenvalue weighted by atomic mass is 35.6. The third kappa shape index (κ3) is 2.87. The zero-order chi connectivity index (χ0) is 7.65. The molecule has 0 aromatic carbocycles. The summed E-state index contributed by atoms with van der Waals surface area (Å²) in [5.41, 5.74) is 1.02. The molecule has 0 spiro atoms. The highest BCUT2D eigenvalue weighted by Crippen LogP contribution is 2.22. The molecule has 0 bridgehead atoms. The van der Waals surface area contributed by atoms with E-state index in [0.717, 1.165) is 10.8 Å². The lowest BCUT2D eigenvalue weighted by atomic mass is 10.3. The van der Waals surface area contributed by atoms with Gasteiger partial charge in [0.15, 0.2) is 7.38 Å². The SMILES string of the molecule is C=C(C)C(=C)[Si](C)(C)Cl. The molecule has 0 nitrogen and oxygen atoms in total. The van der Waals surface area contributed by atoms with Crippen LogP contribution in [0.15, 0.2) is 23.9 Å². The lowest BCUT2D eigenvalue weighted by Crippen LogP contribution is -2.20. The Kier molecular flexibility index (Phi) is 2.71. The Morgan fingerprint density at radius 1 is 1.33 bits per heavy atom. The zero-order valence-corrected chi connectivity index (χ0v) is 8.05. The topological polar surface area (TPSA) is 0 Å². The summed E-state index contributed by atoms with van der Waals surface area (Å²) in [5, 5.41) is 1.05. The molecule has 0 atom stereocenters. The van der Waals surface area contributed by atoms with E-state index in [9.17, 15) is 0 Å². The van der Waals surface area contributed by atoms with Crippen molar-refractivity contribution in [2.45, 2.75) is 20.0 Å². The minimum absolute atomic E-state index is 1.02. The van der Waals surface area contributed by atoms with E-state index in [4.69, 9.17) is 11.1 Å². The van der Waals surface area contributed by atoms with Crippen molar-refractivity contribution in [3.8, 4) is 0 Å². The number of hydrogen-bond donors (Lipinski definition) is 0. The van der Waals surface area contributed by atoms with Gasteiger partial charge in [-0.3, -0.25) is 0 Å². The summed E-state index contributed by atoms with van der Waals surface area (Å²) in [5.74, 6) is 0. The van der Waals surface area contributed by atoms with Crippen molar-refractivity contribution in [3.05, 3.63) is 23.9 Å². The molecule has 0 aromatic heterocycles. The van der Waals surface area contributed by atoms with Gasteiger partial charge < -0.3 is 0 Å². The van der Waals surface area contributed by atoms with E-state index in [1.54, 1.807) is 0 Å². The van der Waals surface area contributed by atoms with Crippen LogP contribution in [-0.2, 0) is 0 Å². The number of allylic oxidation sites excluding steroid dienone is 2. The Balaban J connectivity index is 4.23. The Labute approximate surface area is 62.9 Å². The Morgan fingerprint density at radius 3 is 1.67 bits per heavy atom. The molecule has 0 aliphatic heterocycles. The largest absolute Gasteiger partial charge is 0.180 e. The molecule has 9 heavy (non-hydrogen) atoms. The Bertz CT molecular complexity index is 141. The lowest BCUT2D eigenvalue weighted by Gasteiger charge is -2.15. The average molecular weight is 161 g/mol. The molecule has 0 radical (unpaired) electrons. The Morgan fingerprint density at radius 2 is 1.67 bits per heavy atom. The molecule has 52 valence electrons. The van der Waals surface area contributed by atoms with Gasteiger partial charge in [-0.05, 0) is 12.1 Å². The maximum atomic E-state index is 6.06. The van der Waals surface area contributed by atoms with E-state index in [1.165, 1.54) is 0 Å². The van der Waals surface area contributed by atoms with Gasteiger partial charge in [-0.1, -0.05) is 31.8 Å². The minimum Gasteiger partial charge on any atom is -0.162 e. The van der Waals surface area contributed by atoms with Gasteiger partial charge >= 0.3 is 0 Å². The fourth-order valence-electron chi connectivity index (χ4n) is 0.507. The van der Waals surface area contributed by atoms with Crippen LogP contribution in [0.2, 0.25) is 13.1 Å². The summed E-state index contributed by atoms with van der Waals surface area (Å²) in [7, 11) is -1.65. The smallest absolute Gasteiger partial charge is 0.162 e. The summed E-state index contributed by atoms with van der Waals surface area (Å²) in [6.45, 7) is 13.7. The normalized spacial score (nSPS) is 11.1. The molecule has 0 rings (SSSR count). The number of halogens is 1. The van der Waals surface area contributed by atoms with Crippen LogP contribution in [0.4, 0.5) is 0 Å². The molecule has 0 saturated carbocycles. The highest BCUT2D eigenvalue weighted by molar-refractivity contribution is 7.23. The molecule has 0 amide bonds. The second-order valence-corrected chi connectivity index (χ2v) is 9.11. The maximum absolute atomic E-state index is 6.06. The van der Waals surface area contributed by atoms with Gasteiger partial charge in [-0.2, -0.15) is 11.1 Å². The maximum Gasteiger partial charge on any atom is 0.180 e.